The molecule has 0 aliphatic heterocycles. The van der Waals surface area contributed by atoms with Crippen molar-refractivity contribution in [2.24, 2.45) is 0 Å². The number of Topliss-reactive ketones (excluding diaryl/α,β-unsaturated/α-hetero) is 2. The molecule has 0 fully saturated rings. The fourth-order valence-corrected chi connectivity index (χ4v) is 3.55. The van der Waals surface area contributed by atoms with Gasteiger partial charge in [-0.1, -0.05) is 36.4 Å². The fourth-order valence-electron chi connectivity index (χ4n) is 3.55. The van der Waals surface area contributed by atoms with Crippen LogP contribution in [0.3, 0.4) is 0 Å². The number of nitrogens with one attached hydrogen (secondary N) is 1. The molecule has 5 nitrogen and oxygen atoms in total. The summed E-state index contributed by atoms with van der Waals surface area (Å²) in [6, 6.07) is 15.4. The van der Waals surface area contributed by atoms with E-state index in [2.05, 4.69) is 4.98 Å². The van der Waals surface area contributed by atoms with Crippen molar-refractivity contribution in [3.63, 3.8) is 0 Å². The Morgan fingerprint density at radius 1 is 0.889 bits per heavy atom. The molecular formula is C22H20N2O3. The number of hydrogen-bond donors (Lipinski definition) is 2. The molecule has 2 aromatic heterocycles. The van der Waals surface area contributed by atoms with Gasteiger partial charge in [0.15, 0.2) is 11.6 Å². The number of benzene rings is 2. The van der Waals surface area contributed by atoms with Gasteiger partial charge < -0.3 is 14.7 Å². The molecule has 0 bridgehead atoms. The Labute approximate surface area is 156 Å². The number of aromatic nitrogens is 2. The number of nitrogens with zero attached hydrogens (tertiary/aromatic N) is 1. The van der Waals surface area contributed by atoms with Crippen LogP contribution in [0.2, 0.25) is 0 Å². The molecule has 5 heteroatoms. The molecule has 0 aliphatic rings. The van der Waals surface area contributed by atoms with E-state index in [9.17, 15) is 9.59 Å². The maximum absolute atomic E-state index is 12.7. The number of aryl methyl sites for hydroxylation is 1. The lowest BCUT2D eigenvalue weighted by atomic mass is 10.1. The van der Waals surface area contributed by atoms with Gasteiger partial charge in [-0.25, -0.2) is 0 Å². The summed E-state index contributed by atoms with van der Waals surface area (Å²) in [7, 11) is 0. The Morgan fingerprint density at radius 2 is 1.59 bits per heavy atom. The van der Waals surface area contributed by atoms with E-state index in [4.69, 9.17) is 5.11 Å². The first kappa shape index (κ1) is 17.2. The second-order valence-corrected chi connectivity index (χ2v) is 6.57. The standard InChI is InChI=1S/C22H20N2O3/c25-12-10-22(27)18-14-24(20-8-4-2-6-16(18)20)11-9-21(26)17-13-23-19-7-3-1-5-15(17)19/h1-8,13-14,23,25H,9-12H2. The van der Waals surface area contributed by atoms with Crippen molar-refractivity contribution in [1.29, 1.82) is 0 Å². The quantitative estimate of drug-likeness (QED) is 0.490. The number of para-hydroxylation sites is 2. The Balaban J connectivity index is 1.60. The van der Waals surface area contributed by atoms with Gasteiger partial charge in [-0.05, 0) is 12.1 Å². The summed E-state index contributed by atoms with van der Waals surface area (Å²) in [5.41, 5.74) is 3.16. The van der Waals surface area contributed by atoms with Crippen molar-refractivity contribution in [1.82, 2.24) is 9.55 Å². The molecule has 4 rings (SSSR count). The zero-order chi connectivity index (χ0) is 18.8. The van der Waals surface area contributed by atoms with Crippen LogP contribution in [0.5, 0.6) is 0 Å². The Hall–Kier alpha value is -3.18. The van der Waals surface area contributed by atoms with Gasteiger partial charge in [-0.15, -0.1) is 0 Å². The second kappa shape index (κ2) is 7.21. The summed E-state index contributed by atoms with van der Waals surface area (Å²) >= 11 is 0. The number of H-pyrrole nitrogens is 1. The minimum atomic E-state index is -0.169. The molecule has 2 N–H and O–H groups in total. The van der Waals surface area contributed by atoms with Crippen LogP contribution in [0.15, 0.2) is 60.9 Å². The van der Waals surface area contributed by atoms with Gasteiger partial charge in [0.2, 0.25) is 0 Å². The lowest BCUT2D eigenvalue weighted by Gasteiger charge is -2.04. The lowest BCUT2D eigenvalue weighted by Crippen LogP contribution is -2.05. The number of fused-ring (bicyclic) bond motifs is 2. The van der Waals surface area contributed by atoms with Gasteiger partial charge in [-0.3, -0.25) is 9.59 Å². The first-order chi connectivity index (χ1) is 13.2. The lowest BCUT2D eigenvalue weighted by molar-refractivity contribution is 0.0956. The van der Waals surface area contributed by atoms with E-state index in [-0.39, 0.29) is 24.6 Å². The van der Waals surface area contributed by atoms with E-state index in [0.717, 1.165) is 21.8 Å². The van der Waals surface area contributed by atoms with E-state index in [1.165, 1.54) is 0 Å². The summed E-state index contributed by atoms with van der Waals surface area (Å²) < 4.78 is 1.95. The number of rotatable bonds is 7. The Morgan fingerprint density at radius 3 is 2.41 bits per heavy atom. The molecule has 0 saturated carbocycles. The minimum absolute atomic E-state index is 0.0634. The number of carbonyl (C=O) groups excluding carboxylic acids is 2. The van der Waals surface area contributed by atoms with Gasteiger partial charge >= 0.3 is 0 Å². The maximum atomic E-state index is 12.7. The normalized spacial score (nSPS) is 11.3. The van der Waals surface area contributed by atoms with Gasteiger partial charge in [0, 0.05) is 64.7 Å². The number of carbonyl (C=O) groups is 2. The first-order valence-corrected chi connectivity index (χ1v) is 9.00. The summed E-state index contributed by atoms with van der Waals surface area (Å²) in [6.45, 7) is 0.322. The average Bonchev–Trinajstić information content (AvgIpc) is 3.28. The van der Waals surface area contributed by atoms with Crippen molar-refractivity contribution in [2.45, 2.75) is 19.4 Å². The molecule has 2 aromatic carbocycles. The monoisotopic (exact) mass is 360 g/mol. The molecule has 0 saturated heterocycles. The predicted molar refractivity (Wildman–Crippen MR) is 105 cm³/mol. The highest BCUT2D eigenvalue weighted by Gasteiger charge is 2.16. The highest BCUT2D eigenvalue weighted by atomic mass is 16.3. The number of aliphatic hydroxyl groups is 1. The highest BCUT2D eigenvalue weighted by molar-refractivity contribution is 6.09. The summed E-state index contributed by atoms with van der Waals surface area (Å²) in [4.78, 5) is 28.2. The van der Waals surface area contributed by atoms with Gasteiger partial charge in [0.1, 0.15) is 0 Å². The molecule has 0 radical (unpaired) electrons. The number of hydrogen-bond acceptors (Lipinski definition) is 3. The molecule has 0 amide bonds. The third-order valence-electron chi connectivity index (χ3n) is 4.90. The van der Waals surface area contributed by atoms with Crippen molar-refractivity contribution in [3.8, 4) is 0 Å². The van der Waals surface area contributed by atoms with Crippen LogP contribution in [0.25, 0.3) is 21.8 Å². The number of ketones is 2. The number of aliphatic hydroxyl groups excluding tert-OH is 1. The smallest absolute Gasteiger partial charge is 0.167 e. The van der Waals surface area contributed by atoms with E-state index in [1.54, 1.807) is 12.4 Å². The van der Waals surface area contributed by atoms with Crippen LogP contribution >= 0.6 is 0 Å². The predicted octanol–water partition coefficient (Wildman–Crippen LogP) is 3.96. The molecule has 2 heterocycles. The SMILES string of the molecule is O=C(CCn1cc(C(=O)CCO)c2ccccc21)c1c[nH]c2ccccc12. The Bertz CT molecular complexity index is 1140. The average molecular weight is 360 g/mol. The molecular weight excluding hydrogens is 340 g/mol. The van der Waals surface area contributed by atoms with Gasteiger partial charge in [-0.2, -0.15) is 0 Å². The third kappa shape index (κ3) is 3.17. The van der Waals surface area contributed by atoms with Gasteiger partial charge in [0.05, 0.1) is 6.61 Å². The molecule has 0 atom stereocenters. The topological polar surface area (TPSA) is 75.1 Å². The van der Waals surface area contributed by atoms with Crippen LogP contribution in [0.4, 0.5) is 0 Å². The van der Waals surface area contributed by atoms with E-state index >= 15 is 0 Å². The molecule has 136 valence electrons. The van der Waals surface area contributed by atoms with Crippen molar-refractivity contribution < 1.29 is 14.7 Å². The van der Waals surface area contributed by atoms with Crippen LogP contribution in [0.1, 0.15) is 33.6 Å². The van der Waals surface area contributed by atoms with Crippen molar-refractivity contribution in [3.05, 3.63) is 72.1 Å². The van der Waals surface area contributed by atoms with Crippen molar-refractivity contribution in [2.75, 3.05) is 6.61 Å². The second-order valence-electron chi connectivity index (χ2n) is 6.57. The molecule has 4 aromatic rings. The summed E-state index contributed by atoms with van der Waals surface area (Å²) in [5, 5.41) is 10.9. The fraction of sp³-hybridized carbons (Fsp3) is 0.182. The van der Waals surface area contributed by atoms with Crippen LogP contribution in [-0.4, -0.2) is 32.8 Å². The molecule has 0 unspecified atom stereocenters. The van der Waals surface area contributed by atoms with E-state index in [1.807, 2.05) is 53.1 Å². The van der Waals surface area contributed by atoms with Gasteiger partial charge in [0.25, 0.3) is 0 Å². The van der Waals surface area contributed by atoms with Crippen molar-refractivity contribution >= 4 is 33.4 Å². The number of aromatic amines is 1. The van der Waals surface area contributed by atoms with Crippen LogP contribution in [-0.2, 0) is 6.54 Å². The zero-order valence-corrected chi connectivity index (χ0v) is 14.8. The van der Waals surface area contributed by atoms with Crippen LogP contribution < -0.4 is 0 Å². The molecule has 0 spiro atoms. The molecule has 27 heavy (non-hydrogen) atoms. The third-order valence-corrected chi connectivity index (χ3v) is 4.90. The summed E-state index contributed by atoms with van der Waals surface area (Å²) in [6.07, 6.45) is 4.00. The largest absolute Gasteiger partial charge is 0.396 e. The van der Waals surface area contributed by atoms with Crippen LogP contribution in [0, 0.1) is 0 Å². The zero-order valence-electron chi connectivity index (χ0n) is 14.8. The highest BCUT2D eigenvalue weighted by Crippen LogP contribution is 2.24. The van der Waals surface area contributed by atoms with E-state index < -0.39 is 0 Å². The maximum Gasteiger partial charge on any atom is 0.167 e. The van der Waals surface area contributed by atoms with E-state index in [0.29, 0.717) is 24.1 Å². The molecule has 0 aliphatic carbocycles. The first-order valence-electron chi connectivity index (χ1n) is 9.00. The summed E-state index contributed by atoms with van der Waals surface area (Å²) in [5.74, 6) is -0.0242. The minimum Gasteiger partial charge on any atom is -0.396 e. The Kier molecular flexibility index (Phi) is 4.60.